The molecule has 21 heavy (non-hydrogen) atoms. The first kappa shape index (κ1) is 14.0. The van der Waals surface area contributed by atoms with Crippen LogP contribution in [0.3, 0.4) is 0 Å². The van der Waals surface area contributed by atoms with Crippen molar-refractivity contribution in [2.24, 2.45) is 0 Å². The summed E-state index contributed by atoms with van der Waals surface area (Å²) in [6.07, 6.45) is 2.11. The average molecular weight is 301 g/mol. The minimum Gasteiger partial charge on any atom is -0.399 e. The molecule has 1 amide bonds. The second kappa shape index (κ2) is 5.78. The molecule has 0 bridgehead atoms. The molecule has 0 saturated heterocycles. The summed E-state index contributed by atoms with van der Waals surface area (Å²) in [5.74, 6) is -0.0429. The minimum absolute atomic E-state index is 0.0429. The summed E-state index contributed by atoms with van der Waals surface area (Å²) in [6.45, 7) is 0.607. The molecule has 1 fully saturated rings. The van der Waals surface area contributed by atoms with E-state index >= 15 is 0 Å². The topological polar surface area (TPSA) is 46.3 Å². The molecular formula is C17H17ClN2O. The maximum absolute atomic E-state index is 12.8. The Morgan fingerprint density at radius 3 is 2.57 bits per heavy atom. The van der Waals surface area contributed by atoms with Crippen LogP contribution in [-0.4, -0.2) is 16.8 Å². The number of carbonyl (C=O) groups is 1. The molecule has 2 aromatic carbocycles. The van der Waals surface area contributed by atoms with Gasteiger partial charge in [0.15, 0.2) is 0 Å². The van der Waals surface area contributed by atoms with Crippen LogP contribution in [0.15, 0.2) is 48.5 Å². The first-order valence-electron chi connectivity index (χ1n) is 7.05. The highest BCUT2D eigenvalue weighted by Crippen LogP contribution is 2.31. The van der Waals surface area contributed by atoms with Gasteiger partial charge < -0.3 is 10.6 Å². The zero-order valence-electron chi connectivity index (χ0n) is 11.6. The summed E-state index contributed by atoms with van der Waals surface area (Å²) in [4.78, 5) is 14.7. The zero-order chi connectivity index (χ0) is 14.8. The molecule has 0 radical (unpaired) electrons. The third-order valence-electron chi connectivity index (χ3n) is 3.67. The first-order valence-corrected chi connectivity index (χ1v) is 7.43. The predicted molar refractivity (Wildman–Crippen MR) is 85.2 cm³/mol. The van der Waals surface area contributed by atoms with Gasteiger partial charge in [0, 0.05) is 18.3 Å². The average Bonchev–Trinajstić information content (AvgIpc) is 3.32. The van der Waals surface area contributed by atoms with Crippen molar-refractivity contribution in [1.29, 1.82) is 0 Å². The number of benzene rings is 2. The highest BCUT2D eigenvalue weighted by molar-refractivity contribution is 6.34. The van der Waals surface area contributed by atoms with Crippen molar-refractivity contribution in [3.63, 3.8) is 0 Å². The molecule has 0 aliphatic heterocycles. The fourth-order valence-corrected chi connectivity index (χ4v) is 2.59. The normalized spacial score (nSPS) is 14.0. The predicted octanol–water partition coefficient (Wildman–Crippen LogP) is 3.73. The van der Waals surface area contributed by atoms with Gasteiger partial charge >= 0.3 is 0 Å². The van der Waals surface area contributed by atoms with E-state index in [1.54, 1.807) is 18.2 Å². The highest BCUT2D eigenvalue weighted by Gasteiger charge is 2.33. The van der Waals surface area contributed by atoms with E-state index in [1.165, 1.54) is 0 Å². The fourth-order valence-electron chi connectivity index (χ4n) is 2.39. The van der Waals surface area contributed by atoms with Crippen molar-refractivity contribution in [2.75, 3.05) is 5.73 Å². The number of carbonyl (C=O) groups excluding carboxylic acids is 1. The molecule has 1 aliphatic carbocycles. The van der Waals surface area contributed by atoms with E-state index in [0.29, 0.717) is 28.9 Å². The maximum atomic E-state index is 12.8. The van der Waals surface area contributed by atoms with Gasteiger partial charge in [0.05, 0.1) is 10.6 Å². The van der Waals surface area contributed by atoms with E-state index in [1.807, 2.05) is 35.2 Å². The number of hydrogen-bond acceptors (Lipinski definition) is 2. The smallest absolute Gasteiger partial charge is 0.255 e. The Labute approximate surface area is 129 Å². The molecular weight excluding hydrogens is 284 g/mol. The molecule has 0 spiro atoms. The Morgan fingerprint density at radius 1 is 1.19 bits per heavy atom. The van der Waals surface area contributed by atoms with Crippen molar-refractivity contribution in [1.82, 2.24) is 4.90 Å². The molecule has 0 atom stereocenters. The Hall–Kier alpha value is -2.00. The van der Waals surface area contributed by atoms with Crippen LogP contribution in [0.1, 0.15) is 28.8 Å². The molecule has 0 heterocycles. The first-order chi connectivity index (χ1) is 10.1. The van der Waals surface area contributed by atoms with Gasteiger partial charge in [-0.15, -0.1) is 0 Å². The summed E-state index contributed by atoms with van der Waals surface area (Å²) in [7, 11) is 0. The molecule has 3 nitrogen and oxygen atoms in total. The molecule has 2 aromatic rings. The van der Waals surface area contributed by atoms with Crippen LogP contribution in [0.25, 0.3) is 0 Å². The Kier molecular flexibility index (Phi) is 3.84. The zero-order valence-corrected chi connectivity index (χ0v) is 12.4. The minimum atomic E-state index is -0.0429. The number of nitrogens with two attached hydrogens (primary N) is 1. The number of nitrogens with zero attached hydrogens (tertiary/aromatic N) is 1. The number of hydrogen-bond donors (Lipinski definition) is 1. The number of amides is 1. The summed E-state index contributed by atoms with van der Waals surface area (Å²) in [6, 6.07) is 15.4. The molecule has 1 saturated carbocycles. The summed E-state index contributed by atoms with van der Waals surface area (Å²) < 4.78 is 0. The largest absolute Gasteiger partial charge is 0.399 e. The molecule has 2 N–H and O–H groups in total. The standard InChI is InChI=1S/C17H17ClN2O/c18-16-9-6-13(19)10-15(16)17(21)20(14-7-8-14)11-12-4-2-1-3-5-12/h1-6,9-10,14H,7-8,11,19H2. The van der Waals surface area contributed by atoms with Gasteiger partial charge in [-0.3, -0.25) is 4.79 Å². The van der Waals surface area contributed by atoms with E-state index < -0.39 is 0 Å². The SMILES string of the molecule is Nc1ccc(Cl)c(C(=O)N(Cc2ccccc2)C2CC2)c1. The van der Waals surface area contributed by atoms with Crippen LogP contribution in [0.5, 0.6) is 0 Å². The molecule has 4 heteroatoms. The molecule has 1 aliphatic rings. The highest BCUT2D eigenvalue weighted by atomic mass is 35.5. The summed E-state index contributed by atoms with van der Waals surface area (Å²) in [5, 5.41) is 0.452. The van der Waals surface area contributed by atoms with Gasteiger partial charge in [0.2, 0.25) is 0 Å². The number of nitrogen functional groups attached to an aromatic ring is 1. The van der Waals surface area contributed by atoms with Gasteiger partial charge in [-0.05, 0) is 36.6 Å². The van der Waals surface area contributed by atoms with Crippen molar-refractivity contribution in [3.8, 4) is 0 Å². The molecule has 108 valence electrons. The Balaban J connectivity index is 1.87. The Morgan fingerprint density at radius 2 is 1.90 bits per heavy atom. The number of anilines is 1. The van der Waals surface area contributed by atoms with E-state index in [-0.39, 0.29) is 5.91 Å². The lowest BCUT2D eigenvalue weighted by Gasteiger charge is -2.23. The third-order valence-corrected chi connectivity index (χ3v) is 3.99. The fraction of sp³-hybridized carbons (Fsp3) is 0.235. The maximum Gasteiger partial charge on any atom is 0.255 e. The van der Waals surface area contributed by atoms with Gasteiger partial charge in [0.25, 0.3) is 5.91 Å². The van der Waals surface area contributed by atoms with Crippen LogP contribution >= 0.6 is 11.6 Å². The lowest BCUT2D eigenvalue weighted by molar-refractivity contribution is 0.0730. The van der Waals surface area contributed by atoms with E-state index in [2.05, 4.69) is 0 Å². The van der Waals surface area contributed by atoms with Gasteiger partial charge in [-0.25, -0.2) is 0 Å². The summed E-state index contributed by atoms with van der Waals surface area (Å²) in [5.41, 5.74) is 7.94. The molecule has 0 aromatic heterocycles. The molecule has 3 rings (SSSR count). The third kappa shape index (κ3) is 3.19. The van der Waals surface area contributed by atoms with Gasteiger partial charge in [0.1, 0.15) is 0 Å². The monoisotopic (exact) mass is 300 g/mol. The van der Waals surface area contributed by atoms with Crippen LogP contribution in [0.4, 0.5) is 5.69 Å². The van der Waals surface area contributed by atoms with Gasteiger partial charge in [-0.1, -0.05) is 41.9 Å². The summed E-state index contributed by atoms with van der Waals surface area (Å²) >= 11 is 6.16. The Bertz CT molecular complexity index is 653. The number of rotatable bonds is 4. The second-order valence-corrected chi connectivity index (χ2v) is 5.80. The second-order valence-electron chi connectivity index (χ2n) is 5.39. The van der Waals surface area contributed by atoms with Crippen molar-refractivity contribution < 1.29 is 4.79 Å². The van der Waals surface area contributed by atoms with Crippen molar-refractivity contribution in [3.05, 3.63) is 64.7 Å². The van der Waals surface area contributed by atoms with E-state index in [4.69, 9.17) is 17.3 Å². The molecule has 0 unspecified atom stereocenters. The number of halogens is 1. The van der Waals surface area contributed by atoms with Crippen LogP contribution < -0.4 is 5.73 Å². The quantitative estimate of drug-likeness (QED) is 0.875. The lowest BCUT2D eigenvalue weighted by atomic mass is 10.1. The van der Waals surface area contributed by atoms with Crippen molar-refractivity contribution in [2.45, 2.75) is 25.4 Å². The van der Waals surface area contributed by atoms with E-state index in [0.717, 1.165) is 18.4 Å². The van der Waals surface area contributed by atoms with Crippen LogP contribution in [-0.2, 0) is 6.54 Å². The lowest BCUT2D eigenvalue weighted by Crippen LogP contribution is -2.32. The van der Waals surface area contributed by atoms with Crippen LogP contribution in [0, 0.1) is 0 Å². The van der Waals surface area contributed by atoms with E-state index in [9.17, 15) is 4.79 Å². The van der Waals surface area contributed by atoms with Gasteiger partial charge in [-0.2, -0.15) is 0 Å². The van der Waals surface area contributed by atoms with Crippen LogP contribution in [0.2, 0.25) is 5.02 Å². The van der Waals surface area contributed by atoms with Crippen molar-refractivity contribution >= 4 is 23.2 Å².